The largest absolute Gasteiger partial charge is 0.492 e. The first-order valence-corrected chi connectivity index (χ1v) is 16.6. The van der Waals surface area contributed by atoms with E-state index in [1.165, 1.54) is 0 Å². The van der Waals surface area contributed by atoms with E-state index in [2.05, 4.69) is 36.8 Å². The second kappa shape index (κ2) is 21.6. The van der Waals surface area contributed by atoms with Crippen LogP contribution in [-0.4, -0.2) is 38.4 Å². The zero-order valence-electron chi connectivity index (χ0n) is 28.3. The highest BCUT2D eigenvalue weighted by atomic mass is 16.5. The molecule has 6 heteroatoms. The lowest BCUT2D eigenvalue weighted by Gasteiger charge is -2.14. The molecule has 0 atom stereocenters. The van der Waals surface area contributed by atoms with Gasteiger partial charge in [-0.1, -0.05) is 73.2 Å². The van der Waals surface area contributed by atoms with E-state index < -0.39 is 0 Å². The van der Waals surface area contributed by atoms with Gasteiger partial charge in [0, 0.05) is 34.4 Å². The van der Waals surface area contributed by atoms with Crippen molar-refractivity contribution in [3.8, 4) is 35.2 Å². The average Bonchev–Trinajstić information content (AvgIpc) is 3.09. The van der Waals surface area contributed by atoms with Gasteiger partial charge < -0.3 is 18.9 Å². The Kier molecular flexibility index (Phi) is 16.7. The van der Waals surface area contributed by atoms with Crippen LogP contribution in [0.4, 0.5) is 0 Å². The molecule has 48 heavy (non-hydrogen) atoms. The summed E-state index contributed by atoms with van der Waals surface area (Å²) in [7, 11) is 0. The molecule has 6 nitrogen and oxygen atoms in total. The number of hydrogen-bond acceptors (Lipinski definition) is 6. The number of esters is 2. The Balaban J connectivity index is 1.70. The molecule has 0 heterocycles. The van der Waals surface area contributed by atoms with Crippen molar-refractivity contribution in [3.05, 3.63) is 119 Å². The molecule has 3 rings (SSSR count). The third kappa shape index (κ3) is 14.5. The highest BCUT2D eigenvalue weighted by Crippen LogP contribution is 2.29. The van der Waals surface area contributed by atoms with Crippen LogP contribution in [0.15, 0.2) is 97.1 Å². The van der Waals surface area contributed by atoms with Gasteiger partial charge in [-0.15, -0.1) is 0 Å². The SMILES string of the molecule is C=C(C)C(=O)OCCCCCCOc1cc(C#Cc2ccccc2)c(OCCCCCCOC(=O)C(=C)C)cc1C#Cc1ccccc1. The molecule has 250 valence electrons. The summed E-state index contributed by atoms with van der Waals surface area (Å²) in [4.78, 5) is 23.1. The molecular weight excluding hydrogens is 600 g/mol. The normalized spacial score (nSPS) is 10.0. The lowest BCUT2D eigenvalue weighted by atomic mass is 10.1. The van der Waals surface area contributed by atoms with Gasteiger partial charge >= 0.3 is 11.9 Å². The number of unbranched alkanes of at least 4 members (excludes halogenated alkanes) is 6. The number of ether oxygens (including phenoxy) is 4. The first-order valence-electron chi connectivity index (χ1n) is 16.6. The third-order valence-electron chi connectivity index (χ3n) is 7.07. The number of hydrogen-bond donors (Lipinski definition) is 0. The van der Waals surface area contributed by atoms with Crippen LogP contribution in [0.1, 0.15) is 87.5 Å². The number of rotatable bonds is 18. The van der Waals surface area contributed by atoms with Crippen LogP contribution in [0.25, 0.3) is 0 Å². The van der Waals surface area contributed by atoms with Crippen LogP contribution in [0.5, 0.6) is 11.5 Å². The van der Waals surface area contributed by atoms with Gasteiger partial charge in [0.1, 0.15) is 11.5 Å². The van der Waals surface area contributed by atoms with Crippen molar-refractivity contribution in [3.63, 3.8) is 0 Å². The predicted octanol–water partition coefficient (Wildman–Crippen LogP) is 8.60. The summed E-state index contributed by atoms with van der Waals surface area (Å²) in [5, 5.41) is 0. The van der Waals surface area contributed by atoms with E-state index in [9.17, 15) is 9.59 Å². The Morgan fingerprint density at radius 1 is 0.521 bits per heavy atom. The fourth-order valence-electron chi connectivity index (χ4n) is 4.37. The lowest BCUT2D eigenvalue weighted by Crippen LogP contribution is -2.06. The van der Waals surface area contributed by atoms with Gasteiger partial charge in [-0.3, -0.25) is 0 Å². The van der Waals surface area contributed by atoms with Crippen LogP contribution in [0.2, 0.25) is 0 Å². The van der Waals surface area contributed by atoms with Crippen LogP contribution in [-0.2, 0) is 19.1 Å². The molecule has 0 N–H and O–H groups in total. The number of benzene rings is 3. The minimum atomic E-state index is -0.347. The Bertz CT molecular complexity index is 1490. The van der Waals surface area contributed by atoms with Crippen molar-refractivity contribution >= 4 is 11.9 Å². The van der Waals surface area contributed by atoms with E-state index in [-0.39, 0.29) is 11.9 Å². The van der Waals surface area contributed by atoms with Crippen molar-refractivity contribution < 1.29 is 28.5 Å². The van der Waals surface area contributed by atoms with Crippen molar-refractivity contribution in [2.45, 2.75) is 65.2 Å². The van der Waals surface area contributed by atoms with E-state index in [4.69, 9.17) is 18.9 Å². The number of carbonyl (C=O) groups is 2. The summed E-state index contributed by atoms with van der Waals surface area (Å²) >= 11 is 0. The Labute approximate surface area is 286 Å². The first kappa shape index (κ1) is 37.3. The molecule has 0 fully saturated rings. The van der Waals surface area contributed by atoms with Crippen molar-refractivity contribution in [1.82, 2.24) is 0 Å². The molecule has 0 spiro atoms. The highest BCUT2D eigenvalue weighted by molar-refractivity contribution is 5.87. The van der Waals surface area contributed by atoms with Gasteiger partial charge in [-0.05, 0) is 89.5 Å². The predicted molar refractivity (Wildman–Crippen MR) is 191 cm³/mol. The third-order valence-corrected chi connectivity index (χ3v) is 7.07. The van der Waals surface area contributed by atoms with E-state index >= 15 is 0 Å². The minimum Gasteiger partial charge on any atom is -0.492 e. The summed E-state index contributed by atoms with van der Waals surface area (Å²) in [6.45, 7) is 12.3. The van der Waals surface area contributed by atoms with E-state index in [1.54, 1.807) is 13.8 Å². The summed E-state index contributed by atoms with van der Waals surface area (Å²) in [5.41, 5.74) is 4.08. The molecule has 0 saturated heterocycles. The van der Waals surface area contributed by atoms with Gasteiger partial charge in [0.25, 0.3) is 0 Å². The molecule has 0 aliphatic heterocycles. The summed E-state index contributed by atoms with van der Waals surface area (Å²) in [6, 6.07) is 23.5. The summed E-state index contributed by atoms with van der Waals surface area (Å²) < 4.78 is 23.0. The van der Waals surface area contributed by atoms with Gasteiger partial charge in [-0.2, -0.15) is 0 Å². The van der Waals surface area contributed by atoms with E-state index in [0.717, 1.165) is 73.6 Å². The quantitative estimate of drug-likeness (QED) is 0.0597. The van der Waals surface area contributed by atoms with Crippen LogP contribution in [0.3, 0.4) is 0 Å². The van der Waals surface area contributed by atoms with Gasteiger partial charge in [-0.25, -0.2) is 9.59 Å². The van der Waals surface area contributed by atoms with Gasteiger partial charge in [0.2, 0.25) is 0 Å². The Morgan fingerprint density at radius 2 is 0.875 bits per heavy atom. The molecule has 0 aromatic heterocycles. The van der Waals surface area contributed by atoms with Crippen molar-refractivity contribution in [2.24, 2.45) is 0 Å². The van der Waals surface area contributed by atoms with Crippen LogP contribution in [0, 0.1) is 23.7 Å². The van der Waals surface area contributed by atoms with Gasteiger partial charge in [0.05, 0.1) is 37.6 Å². The monoisotopic (exact) mass is 646 g/mol. The second-order valence-corrected chi connectivity index (χ2v) is 11.4. The smallest absolute Gasteiger partial charge is 0.333 e. The van der Waals surface area contributed by atoms with Crippen LogP contribution >= 0.6 is 0 Å². The van der Waals surface area contributed by atoms with Crippen molar-refractivity contribution in [2.75, 3.05) is 26.4 Å². The maximum atomic E-state index is 11.6. The topological polar surface area (TPSA) is 71.1 Å². The zero-order chi connectivity index (χ0) is 34.4. The van der Waals surface area contributed by atoms with Crippen molar-refractivity contribution in [1.29, 1.82) is 0 Å². The molecule has 3 aromatic carbocycles. The molecular formula is C42H46O6. The molecule has 0 aliphatic carbocycles. The maximum Gasteiger partial charge on any atom is 0.333 e. The fourth-order valence-corrected chi connectivity index (χ4v) is 4.37. The average molecular weight is 647 g/mol. The second-order valence-electron chi connectivity index (χ2n) is 11.4. The molecule has 0 amide bonds. The highest BCUT2D eigenvalue weighted by Gasteiger charge is 2.12. The molecule has 0 saturated carbocycles. The summed E-state index contributed by atoms with van der Waals surface area (Å²) in [5.74, 6) is 13.7. The number of carbonyl (C=O) groups excluding carboxylic acids is 2. The van der Waals surface area contributed by atoms with Gasteiger partial charge in [0.15, 0.2) is 0 Å². The molecule has 3 aromatic rings. The first-order chi connectivity index (χ1) is 23.3. The molecule has 0 unspecified atom stereocenters. The Hall–Kier alpha value is -5.20. The Morgan fingerprint density at radius 3 is 1.23 bits per heavy atom. The molecule has 0 aliphatic rings. The minimum absolute atomic E-state index is 0.347. The zero-order valence-corrected chi connectivity index (χ0v) is 28.3. The maximum absolute atomic E-state index is 11.6. The lowest BCUT2D eigenvalue weighted by molar-refractivity contribution is -0.139. The van der Waals surface area contributed by atoms with E-state index in [0.29, 0.717) is 49.1 Å². The molecule has 0 bridgehead atoms. The summed E-state index contributed by atoms with van der Waals surface area (Å²) in [6.07, 6.45) is 7.00. The van der Waals surface area contributed by atoms with Crippen LogP contribution < -0.4 is 9.47 Å². The van der Waals surface area contributed by atoms with E-state index in [1.807, 2.05) is 72.8 Å². The standard InChI is InChI=1S/C42H46O6/c1-33(2)41(43)47-29-17-7-5-15-27-45-39-31-38(26-24-36-21-13-10-14-22-36)40(32-37(39)25-23-35-19-11-9-12-20-35)46-28-16-6-8-18-30-48-42(44)34(3)4/h9-14,19-22,31-32H,1,3,5-8,15-18,27-30H2,2,4H3. The molecule has 0 radical (unpaired) electrons. The fraction of sp³-hybridized carbons (Fsp3) is 0.333.